The van der Waals surface area contributed by atoms with E-state index >= 15 is 56.7 Å². The predicted molar refractivity (Wildman–Crippen MR) is 486 cm³/mol. The first-order valence-corrected chi connectivity index (χ1v) is 45.9. The highest BCUT2D eigenvalue weighted by atomic mass is 32.2. The number of phenolic OH excluding ortho intramolecular Hbond substituents is 1. The number of carbonyl (C=O) groups is 17. The van der Waals surface area contributed by atoms with E-state index in [1.54, 1.807) is 81.6 Å². The zero-order valence-corrected chi connectivity index (χ0v) is 77.1. The van der Waals surface area contributed by atoms with E-state index in [0.717, 1.165) is 43.7 Å². The van der Waals surface area contributed by atoms with E-state index in [1.807, 2.05) is 0 Å². The number of nitrogens with two attached hydrogens (primary N) is 1. The maximum atomic E-state index is 15.7. The standard InChI is InChI=1S/C94H118F4N16O20S/c1-9-10-23-73-93(133)114-37-18-25-72(114)88(128)107-68(46-79(120)121)86(126)109-81(52(4)5)94(134)111(7)74(43-53-19-12-11-13-20-53)89(129)103-64(34-35-78(118)119)91(131)113-36-17-16-24-71(113)87(127)106-67(45-57-47-100-63-22-15-14-21-60(57)63)85(125)105-66(41-54-28-32-59(115)33-29-54)84(124)104-65(38-51(2)3)83(123)108-70(82(122)101-48-76(99)116)49-135-50-77(117)102-69(42-56-39-61(96)80(98)62(97)40-56)90(130)112(8)75(92(132)110(73)6)44-55-26-30-58(95)31-27-55/h11-15,19-22,26-33,39-40,47,51-52,64-75,81,100,115H,9-10,16-18,23-25,34-38,41-46,48-50H2,1-8H3,(H2,99,116)(H,101,122)(H,102,117)(H,103,129)(H,104,124)(H,105,125)(H,106,127)(H,107,128)(H,108,123)(H,109,126)(H,118,119)(H,120,121)/t64-,65-,66-,67+,68-,69-,70-,71+,72+,73-,74-,75-,81+/m0/s1. The van der Waals surface area contributed by atoms with Gasteiger partial charge in [-0.1, -0.05) is 120 Å². The first-order valence-electron chi connectivity index (χ1n) is 44.8. The number of hydrogen-bond donors (Lipinski definition) is 14. The molecule has 5 aromatic carbocycles. The number of rotatable bonds is 24. The largest absolute Gasteiger partial charge is 0.508 e. The molecular weight excluding hydrogens is 1780 g/mol. The monoisotopic (exact) mass is 1900 g/mol. The molecule has 0 radical (unpaired) electrons. The SMILES string of the molecule is CCCC[C@H]1C(=O)N2CCC[C@@H]2C(=O)N[C@@H](CC(=O)O)C(=O)N[C@H](C(C)C)C(=O)N(C)[C@@H](Cc2ccccc2)C(=O)N[C@@H](CCC(=O)O)C(=O)N2CCCC[C@@H]2C(=O)N[C@H](Cc2c[nH]c3ccccc23)C(=O)N[C@@H](Cc2ccc(O)cc2)C(=O)N[C@@H](CC(C)C)C(=O)N[C@H](C(=O)NCC(N)=O)CSCC(=O)N[C@@H](Cc2cc(F)c(F)c(F)c2)C(=O)N(C)[C@@H](Cc2ccc(F)cc2)C(=O)N1C. The number of benzene rings is 5. The highest BCUT2D eigenvalue weighted by molar-refractivity contribution is 8.00. The Hall–Kier alpha value is -13.5. The van der Waals surface area contributed by atoms with Gasteiger partial charge in [0.2, 0.25) is 88.6 Å². The van der Waals surface area contributed by atoms with Gasteiger partial charge in [0.1, 0.15) is 90.1 Å². The summed E-state index contributed by atoms with van der Waals surface area (Å²) < 4.78 is 59.8. The fourth-order valence-electron chi connectivity index (χ4n) is 16.6. The molecule has 0 spiro atoms. The highest BCUT2D eigenvalue weighted by Crippen LogP contribution is 2.29. The van der Waals surface area contributed by atoms with E-state index in [4.69, 9.17) is 5.73 Å². The Morgan fingerprint density at radius 3 is 1.67 bits per heavy atom. The Labute approximate surface area is 781 Å². The van der Waals surface area contributed by atoms with Gasteiger partial charge in [-0.15, -0.1) is 11.8 Å². The van der Waals surface area contributed by atoms with E-state index in [1.165, 1.54) is 64.3 Å². The number of fused-ring (bicyclic) bond motifs is 3. The number of amides is 15. The molecule has 3 aliphatic heterocycles. The van der Waals surface area contributed by atoms with Crippen LogP contribution in [0, 0.1) is 35.1 Å². The molecule has 1 aromatic heterocycles. The summed E-state index contributed by atoms with van der Waals surface area (Å²) in [6.07, 6.45) is -2.16. The number of H-pyrrole nitrogens is 1. The smallest absolute Gasteiger partial charge is 0.305 e. The number of halogens is 4. The summed E-state index contributed by atoms with van der Waals surface area (Å²) in [6, 6.07) is 4.72. The number of nitrogens with zero attached hydrogens (tertiary/aromatic N) is 5. The van der Waals surface area contributed by atoms with E-state index < -0.39 is 270 Å². The topological polar surface area (TPSA) is 517 Å². The van der Waals surface area contributed by atoms with Gasteiger partial charge in [-0.05, 0) is 133 Å². The number of para-hydroxylation sites is 1. The van der Waals surface area contributed by atoms with E-state index in [0.29, 0.717) is 64.3 Å². The number of unbranched alkanes of at least 4 members (excludes halogenated alkanes) is 1. The molecule has 4 heterocycles. The van der Waals surface area contributed by atoms with Gasteiger partial charge in [0.25, 0.3) is 0 Å². The summed E-state index contributed by atoms with van der Waals surface area (Å²) in [5.41, 5.74) is 7.12. The Morgan fingerprint density at radius 2 is 1.04 bits per heavy atom. The summed E-state index contributed by atoms with van der Waals surface area (Å²) in [6.45, 7) is 7.07. The maximum Gasteiger partial charge on any atom is 0.305 e. The van der Waals surface area contributed by atoms with Crippen LogP contribution in [0.25, 0.3) is 10.9 Å². The summed E-state index contributed by atoms with van der Waals surface area (Å²) in [4.78, 5) is 259. The number of aromatic nitrogens is 1. The molecule has 41 heteroatoms. The Bertz CT molecular complexity index is 5270. The molecule has 0 aliphatic carbocycles. The molecule has 15 N–H and O–H groups in total. The van der Waals surface area contributed by atoms with Crippen molar-refractivity contribution < 1.29 is 114 Å². The van der Waals surface area contributed by atoms with Crippen molar-refractivity contribution in [2.75, 3.05) is 52.3 Å². The first kappa shape index (κ1) is 105. The number of aromatic hydroxyl groups is 1. The fourth-order valence-corrected chi connectivity index (χ4v) is 17.5. The molecule has 0 bridgehead atoms. The average Bonchev–Trinajstić information content (AvgIpc) is 1.76. The van der Waals surface area contributed by atoms with Crippen LogP contribution >= 0.6 is 11.8 Å². The lowest BCUT2D eigenvalue weighted by Gasteiger charge is -2.38. The zero-order valence-electron chi connectivity index (χ0n) is 76.3. The molecule has 13 atom stereocenters. The lowest BCUT2D eigenvalue weighted by atomic mass is 9.97. The van der Waals surface area contributed by atoms with Crippen molar-refractivity contribution >= 4 is 123 Å². The lowest BCUT2D eigenvalue weighted by molar-refractivity contribution is -0.152. The number of thioether (sulfide) groups is 1. The second-order valence-electron chi connectivity index (χ2n) is 34.9. The number of piperidine rings is 1. The van der Waals surface area contributed by atoms with Gasteiger partial charge < -0.3 is 98.4 Å². The Balaban J connectivity index is 1.14. The number of aromatic amines is 1. The molecule has 9 rings (SSSR count). The predicted octanol–water partition coefficient (Wildman–Crippen LogP) is 3.25. The van der Waals surface area contributed by atoms with Gasteiger partial charge in [-0.2, -0.15) is 0 Å². The number of phenols is 1. The van der Waals surface area contributed by atoms with Crippen LogP contribution in [0.1, 0.15) is 139 Å². The van der Waals surface area contributed by atoms with Crippen molar-refractivity contribution in [2.45, 2.75) is 222 Å². The van der Waals surface area contributed by atoms with Crippen LogP contribution in [0.5, 0.6) is 5.75 Å². The molecule has 0 unspecified atom stereocenters. The summed E-state index contributed by atoms with van der Waals surface area (Å²) in [7, 11) is 3.57. The number of nitrogens with one attached hydrogen (secondary N) is 10. The zero-order chi connectivity index (χ0) is 98.8. The third-order valence-electron chi connectivity index (χ3n) is 24.0. The van der Waals surface area contributed by atoms with E-state index in [-0.39, 0.29) is 88.6 Å². The molecule has 15 amide bonds. The van der Waals surface area contributed by atoms with Gasteiger partial charge in [0, 0.05) is 95.6 Å². The molecule has 36 nitrogen and oxygen atoms in total. The number of likely N-dealkylation sites (N-methyl/N-ethyl adjacent to an activating group) is 3. The summed E-state index contributed by atoms with van der Waals surface area (Å²) in [5, 5.41) is 54.9. The molecule has 6 aromatic rings. The number of hydrogen-bond acceptors (Lipinski definition) is 19. The number of carboxylic acid groups (broad SMARTS) is 2. The van der Waals surface area contributed by atoms with Gasteiger partial charge in [0.15, 0.2) is 17.5 Å². The molecule has 0 saturated carbocycles. The Morgan fingerprint density at radius 1 is 0.511 bits per heavy atom. The Kier molecular flexibility index (Phi) is 38.6. The number of carboxylic acids is 2. The van der Waals surface area contributed by atoms with Crippen LogP contribution in [0.15, 0.2) is 121 Å². The second-order valence-corrected chi connectivity index (χ2v) is 35.9. The molecule has 135 heavy (non-hydrogen) atoms. The van der Waals surface area contributed by atoms with Gasteiger partial charge in [-0.25, -0.2) is 17.6 Å². The normalized spacial score (nSPS) is 23.5. The number of primary amides is 1. The van der Waals surface area contributed by atoms with Crippen molar-refractivity contribution in [1.82, 2.24) is 77.3 Å². The fraction of sp³-hybridized carbons (Fsp3) is 0.479. The molecule has 728 valence electrons. The van der Waals surface area contributed by atoms with Crippen molar-refractivity contribution in [3.63, 3.8) is 0 Å². The highest BCUT2D eigenvalue weighted by Gasteiger charge is 2.46. The first-order chi connectivity index (χ1) is 64.1. The molecular formula is C94H118F4N16O20S. The van der Waals surface area contributed by atoms with Crippen LogP contribution in [-0.4, -0.2) is 276 Å². The van der Waals surface area contributed by atoms with E-state index in [9.17, 15) is 57.7 Å². The quantitative estimate of drug-likeness (QED) is 0.0305. The number of carbonyl (C=O) groups excluding carboxylic acids is 15. The summed E-state index contributed by atoms with van der Waals surface area (Å²) in [5.74, 6) is -27.2. The molecule has 3 aliphatic rings. The van der Waals surface area contributed by atoms with Crippen molar-refractivity contribution in [1.29, 1.82) is 0 Å². The molecule has 3 saturated heterocycles. The van der Waals surface area contributed by atoms with Crippen LogP contribution in [0.4, 0.5) is 17.6 Å². The lowest BCUT2D eigenvalue weighted by Crippen LogP contribution is -2.63. The van der Waals surface area contributed by atoms with E-state index in [2.05, 4.69) is 52.8 Å². The second kappa shape index (κ2) is 49.5. The van der Waals surface area contributed by atoms with Gasteiger partial charge in [0.05, 0.1) is 18.7 Å². The molecule has 3 fully saturated rings. The van der Waals surface area contributed by atoms with Crippen molar-refractivity contribution in [2.24, 2.45) is 17.6 Å². The van der Waals surface area contributed by atoms with Crippen LogP contribution < -0.4 is 53.6 Å². The minimum atomic E-state index is -1.99. The van der Waals surface area contributed by atoms with Gasteiger partial charge >= 0.3 is 11.9 Å². The third-order valence-corrected chi connectivity index (χ3v) is 25.0. The van der Waals surface area contributed by atoms with Crippen LogP contribution in [0.3, 0.4) is 0 Å². The van der Waals surface area contributed by atoms with Crippen LogP contribution in [-0.2, 0) is 114 Å². The van der Waals surface area contributed by atoms with Crippen molar-refractivity contribution in [3.8, 4) is 5.75 Å². The third kappa shape index (κ3) is 29.5. The van der Waals surface area contributed by atoms with Crippen molar-refractivity contribution in [3.05, 3.63) is 173 Å². The maximum absolute atomic E-state index is 15.7. The summed E-state index contributed by atoms with van der Waals surface area (Å²) >= 11 is 0.639. The minimum Gasteiger partial charge on any atom is -0.508 e. The van der Waals surface area contributed by atoms with Gasteiger partial charge in [-0.3, -0.25) is 81.5 Å². The number of aliphatic carboxylic acids is 2. The minimum absolute atomic E-state index is 0.0596. The average molecular weight is 1900 g/mol. The van der Waals surface area contributed by atoms with Crippen LogP contribution in [0.2, 0.25) is 0 Å².